The van der Waals surface area contributed by atoms with Gasteiger partial charge in [-0.05, 0) is 37.1 Å². The Morgan fingerprint density at radius 2 is 2.03 bits per heavy atom. The van der Waals surface area contributed by atoms with E-state index in [4.69, 9.17) is 14.2 Å². The van der Waals surface area contributed by atoms with Crippen molar-refractivity contribution in [2.24, 2.45) is 0 Å². The first-order chi connectivity index (χ1) is 16.4. The maximum absolute atomic E-state index is 13.3. The molecular weight excluding hydrogens is 460 g/mol. The molecule has 1 aliphatic heterocycles. The summed E-state index contributed by atoms with van der Waals surface area (Å²) in [6.07, 6.45) is 6.38. The Hall–Kier alpha value is -3.60. The summed E-state index contributed by atoms with van der Waals surface area (Å²) < 4.78 is 47.0. The molecule has 1 saturated carbocycles. The van der Waals surface area contributed by atoms with Gasteiger partial charge in [-0.15, -0.1) is 0 Å². The van der Waals surface area contributed by atoms with Crippen LogP contribution in [-0.2, 0) is 22.0 Å². The molecule has 2 aromatic heterocycles. The van der Waals surface area contributed by atoms with E-state index in [0.29, 0.717) is 18.7 Å². The molecule has 3 aromatic rings. The Balaban J connectivity index is 1.44. The molecule has 0 unspecified atom stereocenters. The number of pyridine rings is 1. The molecule has 1 fully saturated rings. The highest BCUT2D eigenvalue weighted by Gasteiger charge is 2.48. The van der Waals surface area contributed by atoms with E-state index in [9.17, 15) is 13.2 Å². The number of hydrogen-bond donors (Lipinski definition) is 1. The first-order valence-corrected chi connectivity index (χ1v) is 12.3. The number of ether oxygens (including phenoxy) is 3. The number of hydrogen-bond acceptors (Lipinski definition) is 8. The molecule has 0 saturated heterocycles. The lowest BCUT2D eigenvalue weighted by Crippen LogP contribution is -2.35. The smallest absolute Gasteiger partial charge is 0.283 e. The Morgan fingerprint density at radius 3 is 2.68 bits per heavy atom. The average molecular weight is 485 g/mol. The molecular formula is C23H24N4O6S. The number of rotatable bonds is 7. The van der Waals surface area contributed by atoms with Crippen molar-refractivity contribution in [1.82, 2.24) is 19.5 Å². The zero-order valence-corrected chi connectivity index (χ0v) is 19.6. The van der Waals surface area contributed by atoms with Crippen LogP contribution < -0.4 is 18.9 Å². The second-order valence-corrected chi connectivity index (χ2v) is 10.0. The Bertz CT molecular complexity index is 1350. The van der Waals surface area contributed by atoms with Crippen LogP contribution in [-0.4, -0.2) is 49.9 Å². The van der Waals surface area contributed by atoms with Crippen LogP contribution in [0.5, 0.6) is 17.4 Å². The summed E-state index contributed by atoms with van der Waals surface area (Å²) in [5.41, 5.74) is 1.27. The lowest BCUT2D eigenvalue weighted by Gasteiger charge is -2.36. The molecule has 1 spiro atoms. The molecule has 1 N–H and O–H groups in total. The molecule has 1 aliphatic carbocycles. The molecule has 3 heterocycles. The predicted octanol–water partition coefficient (Wildman–Crippen LogP) is 2.28. The number of aromatic nitrogens is 3. The van der Waals surface area contributed by atoms with E-state index in [1.807, 2.05) is 6.07 Å². The van der Waals surface area contributed by atoms with E-state index in [0.717, 1.165) is 24.8 Å². The number of amides is 1. The van der Waals surface area contributed by atoms with Gasteiger partial charge in [0.2, 0.25) is 5.88 Å². The summed E-state index contributed by atoms with van der Waals surface area (Å²) in [5, 5.41) is 4.14. The number of fused-ring (bicyclic) bond motifs is 2. The topological polar surface area (TPSA) is 122 Å². The van der Waals surface area contributed by atoms with Gasteiger partial charge in [-0.3, -0.25) is 9.48 Å². The zero-order valence-electron chi connectivity index (χ0n) is 18.8. The SMILES string of the molecule is COc1ccc2c(c1S(=O)(=O)NC(=O)c1ccc(Cn3cccn3)c(OC)n1)OCC21CCC1. The van der Waals surface area contributed by atoms with Crippen LogP contribution in [0.2, 0.25) is 0 Å². The Labute approximate surface area is 196 Å². The van der Waals surface area contributed by atoms with Crippen molar-refractivity contribution in [2.75, 3.05) is 20.8 Å². The van der Waals surface area contributed by atoms with Gasteiger partial charge in [-0.25, -0.2) is 18.1 Å². The summed E-state index contributed by atoms with van der Waals surface area (Å²) in [7, 11) is -1.52. The van der Waals surface area contributed by atoms with Crippen molar-refractivity contribution in [3.05, 3.63) is 59.5 Å². The number of methoxy groups -OCH3 is 2. The van der Waals surface area contributed by atoms with Gasteiger partial charge in [0.1, 0.15) is 17.2 Å². The maximum Gasteiger partial charge on any atom is 0.283 e. The van der Waals surface area contributed by atoms with Crippen LogP contribution in [0.4, 0.5) is 0 Å². The van der Waals surface area contributed by atoms with Crippen molar-refractivity contribution < 1.29 is 27.4 Å². The third-order valence-electron chi connectivity index (χ3n) is 6.42. The van der Waals surface area contributed by atoms with E-state index in [1.54, 1.807) is 35.3 Å². The van der Waals surface area contributed by atoms with Gasteiger partial charge < -0.3 is 14.2 Å². The first kappa shape index (κ1) is 22.2. The maximum atomic E-state index is 13.3. The lowest BCUT2D eigenvalue weighted by molar-refractivity contribution is 0.0975. The molecule has 0 radical (unpaired) electrons. The predicted molar refractivity (Wildman–Crippen MR) is 121 cm³/mol. The van der Waals surface area contributed by atoms with Crippen LogP contribution in [0, 0.1) is 0 Å². The molecule has 11 heteroatoms. The third-order valence-corrected chi connectivity index (χ3v) is 7.80. The van der Waals surface area contributed by atoms with Gasteiger partial charge in [0.25, 0.3) is 15.9 Å². The average Bonchev–Trinajstić information content (AvgIpc) is 3.45. The minimum Gasteiger partial charge on any atom is -0.495 e. The monoisotopic (exact) mass is 484 g/mol. The minimum absolute atomic E-state index is 0.104. The highest BCUT2D eigenvalue weighted by Crippen LogP contribution is 2.54. The molecule has 5 rings (SSSR count). The molecule has 178 valence electrons. The zero-order chi connectivity index (χ0) is 23.9. The van der Waals surface area contributed by atoms with Crippen molar-refractivity contribution in [1.29, 1.82) is 0 Å². The molecule has 2 aliphatic rings. The summed E-state index contributed by atoms with van der Waals surface area (Å²) in [5.74, 6) is -0.330. The van der Waals surface area contributed by atoms with Crippen LogP contribution in [0.15, 0.2) is 47.6 Å². The van der Waals surface area contributed by atoms with E-state index in [1.165, 1.54) is 20.3 Å². The van der Waals surface area contributed by atoms with Gasteiger partial charge in [0, 0.05) is 28.9 Å². The highest BCUT2D eigenvalue weighted by molar-refractivity contribution is 7.90. The summed E-state index contributed by atoms with van der Waals surface area (Å²) in [6.45, 7) is 0.804. The summed E-state index contributed by atoms with van der Waals surface area (Å²) in [4.78, 5) is 17.0. The molecule has 0 bridgehead atoms. The van der Waals surface area contributed by atoms with Gasteiger partial charge in [-0.2, -0.15) is 5.10 Å². The number of nitrogens with zero attached hydrogens (tertiary/aromatic N) is 3. The molecule has 1 amide bonds. The van der Waals surface area contributed by atoms with Gasteiger partial charge >= 0.3 is 0 Å². The van der Waals surface area contributed by atoms with Crippen LogP contribution in [0.25, 0.3) is 0 Å². The second kappa shape index (κ2) is 8.32. The van der Waals surface area contributed by atoms with Gasteiger partial charge in [0.15, 0.2) is 4.90 Å². The fourth-order valence-corrected chi connectivity index (χ4v) is 5.79. The Morgan fingerprint density at radius 1 is 1.21 bits per heavy atom. The van der Waals surface area contributed by atoms with E-state index in [-0.39, 0.29) is 33.4 Å². The fraction of sp³-hybridized carbons (Fsp3) is 0.348. The highest BCUT2D eigenvalue weighted by atomic mass is 32.2. The summed E-state index contributed by atoms with van der Waals surface area (Å²) >= 11 is 0. The molecule has 0 atom stereocenters. The number of carbonyl (C=O) groups excluding carboxylic acids is 1. The second-order valence-electron chi connectivity index (χ2n) is 8.40. The van der Waals surface area contributed by atoms with Gasteiger partial charge in [0.05, 0.1) is 27.4 Å². The molecule has 34 heavy (non-hydrogen) atoms. The van der Waals surface area contributed by atoms with Crippen LogP contribution in [0.3, 0.4) is 0 Å². The van der Waals surface area contributed by atoms with E-state index >= 15 is 0 Å². The fourth-order valence-electron chi connectivity index (χ4n) is 4.51. The lowest BCUT2D eigenvalue weighted by atomic mass is 9.66. The van der Waals surface area contributed by atoms with Crippen molar-refractivity contribution in [3.8, 4) is 17.4 Å². The first-order valence-electron chi connectivity index (χ1n) is 10.8. The van der Waals surface area contributed by atoms with Crippen LogP contribution >= 0.6 is 0 Å². The van der Waals surface area contributed by atoms with Crippen molar-refractivity contribution >= 4 is 15.9 Å². The van der Waals surface area contributed by atoms with Gasteiger partial charge in [-0.1, -0.05) is 12.5 Å². The normalized spacial score (nSPS) is 15.8. The molecule has 1 aromatic carbocycles. The Kier molecular flexibility index (Phi) is 5.43. The largest absolute Gasteiger partial charge is 0.495 e. The quantitative estimate of drug-likeness (QED) is 0.542. The number of benzene rings is 1. The third kappa shape index (κ3) is 3.65. The van der Waals surface area contributed by atoms with E-state index in [2.05, 4.69) is 14.8 Å². The molecule has 10 nitrogen and oxygen atoms in total. The summed E-state index contributed by atoms with van der Waals surface area (Å²) in [6, 6.07) is 8.35. The van der Waals surface area contributed by atoms with Crippen molar-refractivity contribution in [2.45, 2.75) is 36.1 Å². The van der Waals surface area contributed by atoms with Crippen molar-refractivity contribution in [3.63, 3.8) is 0 Å². The number of carbonyl (C=O) groups is 1. The standard InChI is InChI=1S/C23H24N4O6S/c1-31-18-8-6-16-19(33-14-23(16)9-3-10-23)20(18)34(29,30)26-21(28)17-7-5-15(22(25-17)32-2)13-27-12-4-11-24-27/h4-8,11-12H,3,9-10,13-14H2,1-2H3,(H,26,28). The van der Waals surface area contributed by atoms with Crippen LogP contribution in [0.1, 0.15) is 40.9 Å². The van der Waals surface area contributed by atoms with E-state index < -0.39 is 15.9 Å². The number of nitrogens with one attached hydrogen (secondary N) is 1. The minimum atomic E-state index is -4.33. The number of sulfonamides is 1.